The fourth-order valence-corrected chi connectivity index (χ4v) is 1.37. The largest absolute Gasteiger partial charge is 0.491 e. The number of carbonyl (C=O) groups is 3. The van der Waals surface area contributed by atoms with Gasteiger partial charge in [0.15, 0.2) is 0 Å². The number of hydrogen-bond acceptors (Lipinski definition) is 4. The molecule has 8 heteroatoms. The van der Waals surface area contributed by atoms with Gasteiger partial charge in [0, 0.05) is 0 Å². The second-order valence-corrected chi connectivity index (χ2v) is 4.01. The molecule has 1 unspecified atom stereocenters. The number of unbranched alkanes of at least 4 members (excludes halogenated alkanes) is 3. The molecule has 5 nitrogen and oxygen atoms in total. The molecular weight excluding hydrogens is 267 g/mol. The molecule has 0 aromatic carbocycles. The zero-order valence-electron chi connectivity index (χ0n) is 10.5. The van der Waals surface area contributed by atoms with Gasteiger partial charge in [0.25, 0.3) is 0 Å². The number of hydrogen-bond donors (Lipinski definition) is 1. The van der Waals surface area contributed by atoms with E-state index in [4.69, 9.17) is 5.73 Å². The monoisotopic (exact) mass is 283 g/mol. The van der Waals surface area contributed by atoms with E-state index >= 15 is 0 Å². The van der Waals surface area contributed by atoms with E-state index in [1.165, 1.54) is 0 Å². The first-order valence-corrected chi connectivity index (χ1v) is 5.82. The van der Waals surface area contributed by atoms with Gasteiger partial charge in [-0.1, -0.05) is 32.6 Å². The number of alkyl halides is 3. The quantitative estimate of drug-likeness (QED) is 0.437. The molecule has 0 aromatic rings. The molecule has 0 aliphatic heterocycles. The van der Waals surface area contributed by atoms with Crippen LogP contribution in [0.15, 0.2) is 0 Å². The molecule has 0 bridgehead atoms. The predicted molar refractivity (Wildman–Crippen MR) is 58.6 cm³/mol. The Kier molecular flexibility index (Phi) is 7.10. The van der Waals surface area contributed by atoms with Crippen LogP contribution in [0.3, 0.4) is 0 Å². The third-order valence-electron chi connectivity index (χ3n) is 2.40. The number of ether oxygens (including phenoxy) is 1. The minimum Gasteiger partial charge on any atom is -0.386 e. The van der Waals surface area contributed by atoms with E-state index in [1.54, 1.807) is 0 Å². The Morgan fingerprint density at radius 2 is 1.74 bits per heavy atom. The van der Waals surface area contributed by atoms with Crippen molar-refractivity contribution in [2.45, 2.75) is 45.2 Å². The van der Waals surface area contributed by atoms with Crippen molar-refractivity contribution in [3.05, 3.63) is 0 Å². The highest BCUT2D eigenvalue weighted by Crippen LogP contribution is 2.19. The van der Waals surface area contributed by atoms with Gasteiger partial charge in [-0.2, -0.15) is 13.2 Å². The first-order chi connectivity index (χ1) is 8.70. The molecule has 0 aliphatic rings. The van der Waals surface area contributed by atoms with Crippen molar-refractivity contribution in [2.75, 3.05) is 0 Å². The van der Waals surface area contributed by atoms with Crippen LogP contribution in [0.5, 0.6) is 0 Å². The number of primary amides is 1. The van der Waals surface area contributed by atoms with Crippen molar-refractivity contribution in [1.82, 2.24) is 0 Å². The standard InChI is InChI=1S/C11H16F3NO4/c1-2-3-4-5-6-7(8(15)16)9(17)19-10(18)11(12,13)14/h7H,2-6H2,1H3,(H2,15,16). The summed E-state index contributed by atoms with van der Waals surface area (Å²) in [4.78, 5) is 32.7. The Labute approximate surface area is 108 Å². The van der Waals surface area contributed by atoms with Crippen molar-refractivity contribution < 1.29 is 32.3 Å². The van der Waals surface area contributed by atoms with Crippen LogP contribution >= 0.6 is 0 Å². The molecule has 0 aliphatic carbocycles. The molecule has 0 fully saturated rings. The fraction of sp³-hybridized carbons (Fsp3) is 0.727. The molecule has 0 heterocycles. The van der Waals surface area contributed by atoms with Gasteiger partial charge < -0.3 is 10.5 Å². The van der Waals surface area contributed by atoms with E-state index in [2.05, 4.69) is 4.74 Å². The van der Waals surface area contributed by atoms with Crippen molar-refractivity contribution in [3.63, 3.8) is 0 Å². The Balaban J connectivity index is 4.42. The maximum atomic E-state index is 11.9. The highest BCUT2D eigenvalue weighted by molar-refractivity contribution is 6.01. The highest BCUT2D eigenvalue weighted by Gasteiger charge is 2.43. The highest BCUT2D eigenvalue weighted by atomic mass is 19.4. The first kappa shape index (κ1) is 17.4. The van der Waals surface area contributed by atoms with Crippen LogP contribution in [-0.4, -0.2) is 24.0 Å². The number of nitrogens with two attached hydrogens (primary N) is 1. The maximum Gasteiger partial charge on any atom is 0.491 e. The van der Waals surface area contributed by atoms with E-state index in [1.807, 2.05) is 6.92 Å². The fourth-order valence-electron chi connectivity index (χ4n) is 1.37. The second kappa shape index (κ2) is 7.75. The molecule has 0 aromatic heterocycles. The van der Waals surface area contributed by atoms with Crippen molar-refractivity contribution in [3.8, 4) is 0 Å². The molecule has 2 N–H and O–H groups in total. The summed E-state index contributed by atoms with van der Waals surface area (Å²) < 4.78 is 39.2. The lowest BCUT2D eigenvalue weighted by molar-refractivity contribution is -0.203. The predicted octanol–water partition coefficient (Wildman–Crippen LogP) is 1.69. The number of esters is 2. The average molecular weight is 283 g/mol. The lowest BCUT2D eigenvalue weighted by atomic mass is 10.0. The second-order valence-electron chi connectivity index (χ2n) is 4.01. The molecule has 19 heavy (non-hydrogen) atoms. The van der Waals surface area contributed by atoms with Crippen LogP contribution in [0.1, 0.15) is 39.0 Å². The van der Waals surface area contributed by atoms with Crippen LogP contribution < -0.4 is 5.73 Å². The molecule has 0 saturated carbocycles. The van der Waals surface area contributed by atoms with Crippen molar-refractivity contribution in [2.24, 2.45) is 11.7 Å². The minimum atomic E-state index is -5.28. The summed E-state index contributed by atoms with van der Waals surface area (Å²) in [7, 11) is 0. The van der Waals surface area contributed by atoms with Crippen LogP contribution in [0.2, 0.25) is 0 Å². The lowest BCUT2D eigenvalue weighted by Gasteiger charge is -2.12. The van der Waals surface area contributed by atoms with Gasteiger partial charge in [0.05, 0.1) is 0 Å². The smallest absolute Gasteiger partial charge is 0.386 e. The Bertz CT molecular complexity index is 341. The van der Waals surface area contributed by atoms with Gasteiger partial charge >= 0.3 is 18.1 Å². The summed E-state index contributed by atoms with van der Waals surface area (Å²) in [5, 5.41) is 0. The van der Waals surface area contributed by atoms with Gasteiger partial charge in [0.2, 0.25) is 5.91 Å². The van der Waals surface area contributed by atoms with Gasteiger partial charge in [-0.25, -0.2) is 4.79 Å². The topological polar surface area (TPSA) is 86.5 Å². The van der Waals surface area contributed by atoms with Crippen molar-refractivity contribution >= 4 is 17.8 Å². The van der Waals surface area contributed by atoms with E-state index in [0.29, 0.717) is 12.8 Å². The minimum absolute atomic E-state index is 0.0285. The van der Waals surface area contributed by atoms with Crippen molar-refractivity contribution in [1.29, 1.82) is 0 Å². The van der Waals surface area contributed by atoms with Gasteiger partial charge in [-0.15, -0.1) is 0 Å². The summed E-state index contributed by atoms with van der Waals surface area (Å²) in [6.07, 6.45) is -2.38. The Morgan fingerprint density at radius 1 is 1.16 bits per heavy atom. The van der Waals surface area contributed by atoms with Crippen LogP contribution in [0.4, 0.5) is 13.2 Å². The van der Waals surface area contributed by atoms with E-state index in [9.17, 15) is 27.6 Å². The molecule has 110 valence electrons. The van der Waals surface area contributed by atoms with E-state index in [-0.39, 0.29) is 6.42 Å². The molecule has 1 atom stereocenters. The summed E-state index contributed by atoms with van der Waals surface area (Å²) in [6, 6.07) is 0. The maximum absolute atomic E-state index is 11.9. The normalized spacial score (nSPS) is 12.8. The molecule has 0 spiro atoms. The SMILES string of the molecule is CCCCCCC(C(N)=O)C(=O)OC(=O)C(F)(F)F. The van der Waals surface area contributed by atoms with Gasteiger partial charge in [0.1, 0.15) is 5.92 Å². The number of amides is 1. The third kappa shape index (κ3) is 6.78. The van der Waals surface area contributed by atoms with Gasteiger partial charge in [-0.3, -0.25) is 9.59 Å². The van der Waals surface area contributed by atoms with E-state index in [0.717, 1.165) is 12.8 Å². The molecular formula is C11H16F3NO4. The molecule has 0 saturated heterocycles. The number of carbonyl (C=O) groups excluding carboxylic acids is 3. The average Bonchev–Trinajstić information content (AvgIpc) is 2.26. The van der Waals surface area contributed by atoms with Gasteiger partial charge in [-0.05, 0) is 6.42 Å². The molecule has 0 rings (SSSR count). The Hall–Kier alpha value is -1.60. The molecule has 0 radical (unpaired) electrons. The van der Waals surface area contributed by atoms with Crippen LogP contribution in [0, 0.1) is 5.92 Å². The summed E-state index contributed by atoms with van der Waals surface area (Å²) in [6.45, 7) is 1.95. The number of halogens is 3. The summed E-state index contributed by atoms with van der Waals surface area (Å²) in [5.74, 6) is -6.82. The Morgan fingerprint density at radius 3 is 2.16 bits per heavy atom. The summed E-state index contributed by atoms with van der Waals surface area (Å²) >= 11 is 0. The summed E-state index contributed by atoms with van der Waals surface area (Å²) in [5.41, 5.74) is 4.90. The molecule has 1 amide bonds. The zero-order chi connectivity index (χ0) is 15.1. The zero-order valence-corrected chi connectivity index (χ0v) is 10.5. The number of rotatable bonds is 7. The van der Waals surface area contributed by atoms with E-state index < -0.39 is 29.9 Å². The third-order valence-corrected chi connectivity index (χ3v) is 2.40. The lowest BCUT2D eigenvalue weighted by Crippen LogP contribution is -2.36. The van der Waals surface area contributed by atoms with Crippen LogP contribution in [-0.2, 0) is 19.1 Å². The first-order valence-electron chi connectivity index (χ1n) is 5.82. The van der Waals surface area contributed by atoms with Crippen LogP contribution in [0.25, 0.3) is 0 Å².